The molecule has 2 aliphatic rings. The predicted octanol–water partition coefficient (Wildman–Crippen LogP) is 8.33. The lowest BCUT2D eigenvalue weighted by Crippen LogP contribution is -2.32. The van der Waals surface area contributed by atoms with Gasteiger partial charge in [0.2, 0.25) is 0 Å². The van der Waals surface area contributed by atoms with Crippen LogP contribution in [0.15, 0.2) is 97.6 Å². The summed E-state index contributed by atoms with van der Waals surface area (Å²) in [4.78, 5) is 17.9. The normalized spacial score (nSPS) is 13.1. The molecule has 2 N–H and O–H groups in total. The van der Waals surface area contributed by atoms with E-state index in [4.69, 9.17) is 9.97 Å². The van der Waals surface area contributed by atoms with Crippen molar-refractivity contribution in [1.29, 1.82) is 0 Å². The SMILES string of the molecule is CC1=C(CCC[n+]2ccccc2)c2cc3nc(cc4[nH]c(cc4C)cc4[nH]c(cc1n2)cc4C)C(C)=C3CCC[n+]1ccccc1. The maximum Gasteiger partial charge on any atom is 0.168 e. The third kappa shape index (κ3) is 6.20. The van der Waals surface area contributed by atoms with E-state index in [-0.39, 0.29) is 0 Å². The molecule has 8 bridgehead atoms. The molecule has 0 saturated heterocycles. The van der Waals surface area contributed by atoms with Gasteiger partial charge in [-0.3, -0.25) is 0 Å². The summed E-state index contributed by atoms with van der Waals surface area (Å²) in [5, 5.41) is 0. The van der Waals surface area contributed by atoms with Crippen molar-refractivity contribution in [1.82, 2.24) is 19.9 Å². The first-order valence-corrected chi connectivity index (χ1v) is 16.4. The molecule has 7 heterocycles. The molecule has 0 radical (unpaired) electrons. The minimum Gasteiger partial charge on any atom is -0.355 e. The number of fused-ring (bicyclic) bond motifs is 8. The van der Waals surface area contributed by atoms with Crippen LogP contribution in [-0.2, 0) is 13.1 Å². The molecular formula is C40H42N6+2. The molecule has 46 heavy (non-hydrogen) atoms. The van der Waals surface area contributed by atoms with Gasteiger partial charge in [0, 0.05) is 59.2 Å². The quantitative estimate of drug-likeness (QED) is 0.175. The fourth-order valence-electron chi connectivity index (χ4n) is 6.68. The van der Waals surface area contributed by atoms with Crippen molar-refractivity contribution in [2.75, 3.05) is 0 Å². The molecule has 0 amide bonds. The van der Waals surface area contributed by atoms with E-state index in [0.29, 0.717) is 0 Å². The zero-order valence-electron chi connectivity index (χ0n) is 27.3. The molecule has 6 nitrogen and oxygen atoms in total. The largest absolute Gasteiger partial charge is 0.355 e. The smallest absolute Gasteiger partial charge is 0.168 e. The fourth-order valence-corrected chi connectivity index (χ4v) is 6.68. The van der Waals surface area contributed by atoms with Crippen molar-refractivity contribution in [2.45, 2.75) is 66.5 Å². The van der Waals surface area contributed by atoms with Gasteiger partial charge < -0.3 is 9.97 Å². The van der Waals surface area contributed by atoms with Crippen molar-refractivity contribution in [2.24, 2.45) is 0 Å². The van der Waals surface area contributed by atoms with Gasteiger partial charge in [0.25, 0.3) is 0 Å². The Bertz CT molecular complexity index is 2130. The fraction of sp³-hybridized carbons (Fsp3) is 0.250. The molecule has 0 saturated carbocycles. The van der Waals surface area contributed by atoms with Gasteiger partial charge in [0.15, 0.2) is 24.8 Å². The van der Waals surface area contributed by atoms with Crippen LogP contribution >= 0.6 is 0 Å². The molecule has 0 spiro atoms. The van der Waals surface area contributed by atoms with Gasteiger partial charge in [-0.2, -0.15) is 0 Å². The molecule has 0 aliphatic carbocycles. The highest BCUT2D eigenvalue weighted by Gasteiger charge is 2.22. The van der Waals surface area contributed by atoms with Crippen LogP contribution in [0.1, 0.15) is 73.4 Å². The second-order valence-corrected chi connectivity index (χ2v) is 12.6. The van der Waals surface area contributed by atoms with Crippen molar-refractivity contribution < 1.29 is 9.13 Å². The maximum absolute atomic E-state index is 5.29. The molecule has 2 aliphatic heterocycles. The molecule has 7 rings (SSSR count). The van der Waals surface area contributed by atoms with Crippen molar-refractivity contribution in [3.8, 4) is 0 Å². The Morgan fingerprint density at radius 2 is 0.957 bits per heavy atom. The molecule has 5 aromatic heterocycles. The summed E-state index contributed by atoms with van der Waals surface area (Å²) in [6, 6.07) is 25.8. The number of nitrogens with one attached hydrogen (secondary N) is 2. The zero-order chi connectivity index (χ0) is 31.6. The van der Waals surface area contributed by atoms with Gasteiger partial charge in [-0.15, -0.1) is 0 Å². The highest BCUT2D eigenvalue weighted by atomic mass is 14.9. The summed E-state index contributed by atoms with van der Waals surface area (Å²) in [5.41, 5.74) is 16.0. The summed E-state index contributed by atoms with van der Waals surface area (Å²) in [5.74, 6) is 0. The van der Waals surface area contributed by atoms with Crippen LogP contribution in [0.3, 0.4) is 0 Å². The molecule has 0 fully saturated rings. The molecule has 230 valence electrons. The summed E-state index contributed by atoms with van der Waals surface area (Å²) >= 11 is 0. The number of allylic oxidation sites excluding steroid dienone is 4. The maximum atomic E-state index is 5.29. The summed E-state index contributed by atoms with van der Waals surface area (Å²) in [6.45, 7) is 10.7. The minimum absolute atomic E-state index is 0.950. The van der Waals surface area contributed by atoms with Crippen molar-refractivity contribution in [3.63, 3.8) is 0 Å². The minimum atomic E-state index is 0.950. The number of nitrogens with zero attached hydrogens (tertiary/aromatic N) is 4. The van der Waals surface area contributed by atoms with Crippen LogP contribution < -0.4 is 9.13 Å². The monoisotopic (exact) mass is 606 g/mol. The van der Waals surface area contributed by atoms with E-state index in [1.165, 1.54) is 33.4 Å². The van der Waals surface area contributed by atoms with E-state index >= 15 is 0 Å². The third-order valence-corrected chi connectivity index (χ3v) is 9.31. The number of aromatic nitrogens is 6. The van der Waals surface area contributed by atoms with E-state index in [1.807, 2.05) is 0 Å². The molecule has 0 aromatic carbocycles. The second kappa shape index (κ2) is 12.7. The molecule has 6 heteroatoms. The average Bonchev–Trinajstić information content (AvgIpc) is 3.75. The summed E-state index contributed by atoms with van der Waals surface area (Å²) in [7, 11) is 0. The first-order chi connectivity index (χ1) is 22.4. The lowest BCUT2D eigenvalue weighted by molar-refractivity contribution is -0.697. The van der Waals surface area contributed by atoms with Gasteiger partial charge >= 0.3 is 0 Å². The van der Waals surface area contributed by atoms with Gasteiger partial charge in [-0.05, 0) is 110 Å². The Morgan fingerprint density at radius 3 is 1.48 bits per heavy atom. The van der Waals surface area contributed by atoms with Crippen molar-refractivity contribution >= 4 is 44.4 Å². The number of hydrogen-bond donors (Lipinski definition) is 2. The molecule has 5 aromatic rings. The van der Waals surface area contributed by atoms with Crippen LogP contribution in [0.5, 0.6) is 0 Å². The lowest BCUT2D eigenvalue weighted by atomic mass is 9.98. The van der Waals surface area contributed by atoms with Gasteiger partial charge in [-0.1, -0.05) is 12.1 Å². The second-order valence-electron chi connectivity index (χ2n) is 12.6. The Labute approximate surface area is 270 Å². The predicted molar refractivity (Wildman–Crippen MR) is 187 cm³/mol. The van der Waals surface area contributed by atoms with Crippen LogP contribution in [0, 0.1) is 13.8 Å². The number of H-pyrrole nitrogens is 2. The first-order valence-electron chi connectivity index (χ1n) is 16.4. The van der Waals surface area contributed by atoms with Crippen LogP contribution in [-0.4, -0.2) is 19.9 Å². The van der Waals surface area contributed by atoms with Gasteiger partial charge in [0.05, 0.1) is 22.8 Å². The standard InChI is InChI=1S/C40H42N6/c1-27-21-32-24-37-29(3)33(13-11-19-45-15-7-5-8-16-45)39(43-37)26-40-34(14-12-20-46-17-9-6-10-18-46)30(4)38(44-40)25-36-28(2)22-31(42-36)23-35(27)41-32/h5-10,15-18,21-26,41-42H,11-14,19-20H2,1-4H3/q+2. The first kappa shape index (κ1) is 29.6. The summed E-state index contributed by atoms with van der Waals surface area (Å²) in [6.07, 6.45) is 12.5. The number of aromatic amines is 2. The zero-order valence-corrected chi connectivity index (χ0v) is 27.3. The average molecular weight is 607 g/mol. The number of pyridine rings is 2. The van der Waals surface area contributed by atoms with Crippen LogP contribution in [0.4, 0.5) is 0 Å². The van der Waals surface area contributed by atoms with E-state index in [0.717, 1.165) is 83.6 Å². The molecule has 0 unspecified atom stereocenters. The van der Waals surface area contributed by atoms with Crippen LogP contribution in [0.25, 0.3) is 44.4 Å². The Morgan fingerprint density at radius 1 is 0.500 bits per heavy atom. The van der Waals surface area contributed by atoms with E-state index in [9.17, 15) is 0 Å². The Kier molecular flexibility index (Phi) is 8.18. The third-order valence-electron chi connectivity index (χ3n) is 9.31. The number of hydrogen-bond acceptors (Lipinski definition) is 2. The lowest BCUT2D eigenvalue weighted by Gasteiger charge is -2.06. The highest BCUT2D eigenvalue weighted by Crippen LogP contribution is 2.37. The summed E-state index contributed by atoms with van der Waals surface area (Å²) < 4.78 is 4.51. The molecule has 0 atom stereocenters. The van der Waals surface area contributed by atoms with E-state index < -0.39 is 0 Å². The van der Waals surface area contributed by atoms with Gasteiger partial charge in [-0.25, -0.2) is 19.1 Å². The highest BCUT2D eigenvalue weighted by molar-refractivity contribution is 5.95. The van der Waals surface area contributed by atoms with E-state index in [1.54, 1.807) is 0 Å². The number of rotatable bonds is 8. The number of aryl methyl sites for hydroxylation is 4. The van der Waals surface area contributed by atoms with Crippen molar-refractivity contribution in [3.05, 3.63) is 131 Å². The Balaban J connectivity index is 1.36. The van der Waals surface area contributed by atoms with Gasteiger partial charge in [0.1, 0.15) is 13.1 Å². The Hall–Kier alpha value is -5.10. The van der Waals surface area contributed by atoms with E-state index in [2.05, 4.69) is 144 Å². The molecular weight excluding hydrogens is 564 g/mol. The van der Waals surface area contributed by atoms with Crippen LogP contribution in [0.2, 0.25) is 0 Å². The topological polar surface area (TPSA) is 65.1 Å².